The van der Waals surface area contributed by atoms with Crippen molar-refractivity contribution < 1.29 is 27.9 Å². The number of imide groups is 2. The number of carbonyl (C=O) groups is 3. The highest BCUT2D eigenvalue weighted by Crippen LogP contribution is 2.23. The number of barbiturate groups is 1. The van der Waals surface area contributed by atoms with Crippen molar-refractivity contribution in [2.45, 2.75) is 6.61 Å². The number of hydrogen-bond acceptors (Lipinski definition) is 4. The number of ether oxygens (including phenoxy) is 1. The smallest absolute Gasteiger partial charge is 0.335 e. The van der Waals surface area contributed by atoms with Gasteiger partial charge in [-0.25, -0.2) is 18.5 Å². The van der Waals surface area contributed by atoms with Crippen molar-refractivity contribution in [2.24, 2.45) is 0 Å². The maximum Gasteiger partial charge on any atom is 0.335 e. The zero-order valence-electron chi connectivity index (χ0n) is 16.5. The van der Waals surface area contributed by atoms with Crippen LogP contribution < -0.4 is 15.0 Å². The Bertz CT molecular complexity index is 1240. The maximum absolute atomic E-state index is 13.8. The lowest BCUT2D eigenvalue weighted by Gasteiger charge is -2.26. The van der Waals surface area contributed by atoms with Crippen LogP contribution in [0.3, 0.4) is 0 Å². The number of anilines is 1. The van der Waals surface area contributed by atoms with Crippen molar-refractivity contribution in [1.29, 1.82) is 0 Å². The second kappa shape index (κ2) is 8.81. The minimum absolute atomic E-state index is 0.00103. The molecule has 0 atom stereocenters. The summed E-state index contributed by atoms with van der Waals surface area (Å²) in [5, 5.41) is 2.10. The van der Waals surface area contributed by atoms with Crippen LogP contribution in [0.1, 0.15) is 11.1 Å². The van der Waals surface area contributed by atoms with Crippen LogP contribution in [0.25, 0.3) is 6.08 Å². The number of hydrogen-bond donors (Lipinski definition) is 1. The quantitative estimate of drug-likeness (QED) is 0.482. The Balaban J connectivity index is 1.58. The van der Waals surface area contributed by atoms with Gasteiger partial charge >= 0.3 is 6.03 Å². The van der Waals surface area contributed by atoms with Crippen molar-refractivity contribution in [3.63, 3.8) is 0 Å². The second-order valence-corrected chi connectivity index (χ2v) is 6.89. The minimum atomic E-state index is -0.925. The molecule has 0 aromatic heterocycles. The first-order chi connectivity index (χ1) is 15.4. The molecule has 1 fully saturated rings. The van der Waals surface area contributed by atoms with Gasteiger partial charge in [-0.15, -0.1) is 0 Å². The third-order valence-electron chi connectivity index (χ3n) is 4.71. The van der Waals surface area contributed by atoms with Crippen LogP contribution in [0.4, 0.5) is 19.3 Å². The molecule has 0 bridgehead atoms. The van der Waals surface area contributed by atoms with Crippen molar-refractivity contribution >= 4 is 29.6 Å². The fourth-order valence-electron chi connectivity index (χ4n) is 3.12. The lowest BCUT2D eigenvalue weighted by Crippen LogP contribution is -2.54. The van der Waals surface area contributed by atoms with Gasteiger partial charge in [0.05, 0.1) is 5.69 Å². The Morgan fingerprint density at radius 1 is 0.906 bits per heavy atom. The molecule has 0 unspecified atom stereocenters. The molecule has 1 N–H and O–H groups in total. The first-order valence-corrected chi connectivity index (χ1v) is 9.55. The third-order valence-corrected chi connectivity index (χ3v) is 4.71. The standard InChI is InChI=1S/C24H16F2N2O4/c25-17-8-10-18(11-9-17)28-23(30)20(22(29)27-24(28)31)13-15-4-3-6-19(12-15)32-14-16-5-1-2-7-21(16)26/h1-13H,14H2,(H,27,29,31)/b20-13+. The molecular weight excluding hydrogens is 418 g/mol. The molecule has 3 aromatic carbocycles. The normalized spacial score (nSPS) is 15.1. The Hall–Kier alpha value is -4.33. The molecule has 0 aliphatic carbocycles. The number of benzene rings is 3. The highest BCUT2D eigenvalue weighted by atomic mass is 19.1. The van der Waals surface area contributed by atoms with E-state index in [2.05, 4.69) is 5.32 Å². The lowest BCUT2D eigenvalue weighted by atomic mass is 10.1. The second-order valence-electron chi connectivity index (χ2n) is 6.89. The van der Waals surface area contributed by atoms with E-state index in [-0.39, 0.29) is 23.7 Å². The van der Waals surface area contributed by atoms with Gasteiger partial charge in [0.2, 0.25) is 0 Å². The van der Waals surface area contributed by atoms with Gasteiger partial charge in [0.1, 0.15) is 29.6 Å². The van der Waals surface area contributed by atoms with Crippen molar-refractivity contribution in [2.75, 3.05) is 4.90 Å². The fraction of sp³-hybridized carbons (Fsp3) is 0.0417. The van der Waals surface area contributed by atoms with E-state index in [1.165, 1.54) is 24.3 Å². The first kappa shape index (κ1) is 20.9. The Morgan fingerprint density at radius 3 is 2.41 bits per heavy atom. The average Bonchev–Trinajstić information content (AvgIpc) is 2.77. The zero-order chi connectivity index (χ0) is 22.7. The maximum atomic E-state index is 13.8. The molecule has 1 heterocycles. The van der Waals surface area contributed by atoms with Crippen molar-refractivity contribution in [3.8, 4) is 5.75 Å². The summed E-state index contributed by atoms with van der Waals surface area (Å²) in [5.74, 6) is -2.21. The van der Waals surface area contributed by atoms with Crippen molar-refractivity contribution in [1.82, 2.24) is 5.32 Å². The van der Waals surface area contributed by atoms with Crippen LogP contribution in [-0.4, -0.2) is 17.8 Å². The highest BCUT2D eigenvalue weighted by Gasteiger charge is 2.36. The largest absolute Gasteiger partial charge is 0.489 e. The summed E-state index contributed by atoms with van der Waals surface area (Å²) in [5.41, 5.74) is 0.684. The molecule has 4 amide bonds. The Morgan fingerprint density at radius 2 is 1.66 bits per heavy atom. The summed E-state index contributed by atoms with van der Waals surface area (Å²) in [6.45, 7) is -0.00103. The SMILES string of the molecule is O=C1NC(=O)N(c2ccc(F)cc2)C(=O)/C1=C/c1cccc(OCc2ccccc2F)c1. The first-order valence-electron chi connectivity index (χ1n) is 9.55. The molecule has 1 saturated heterocycles. The number of urea groups is 1. The van der Waals surface area contributed by atoms with E-state index in [0.717, 1.165) is 17.0 Å². The summed E-state index contributed by atoms with van der Waals surface area (Å²) in [7, 11) is 0. The lowest BCUT2D eigenvalue weighted by molar-refractivity contribution is -0.122. The molecule has 8 heteroatoms. The molecule has 0 radical (unpaired) electrons. The molecule has 160 valence electrons. The fourth-order valence-corrected chi connectivity index (χ4v) is 3.12. The van der Waals surface area contributed by atoms with Crippen LogP contribution in [0.15, 0.2) is 78.4 Å². The van der Waals surface area contributed by atoms with Crippen LogP contribution in [0.2, 0.25) is 0 Å². The monoisotopic (exact) mass is 434 g/mol. The summed E-state index contributed by atoms with van der Waals surface area (Å²) in [6, 6.07) is 16.5. The van der Waals surface area contributed by atoms with Gasteiger partial charge in [0.25, 0.3) is 11.8 Å². The van der Waals surface area contributed by atoms with Crippen LogP contribution in [-0.2, 0) is 16.2 Å². The Kier molecular flexibility index (Phi) is 5.76. The molecule has 1 aliphatic heterocycles. The summed E-state index contributed by atoms with van der Waals surface area (Å²) >= 11 is 0. The average molecular weight is 434 g/mol. The van der Waals surface area contributed by atoms with E-state index < -0.39 is 23.7 Å². The molecule has 0 saturated carbocycles. The van der Waals surface area contributed by atoms with Gasteiger partial charge in [0.15, 0.2) is 0 Å². The van der Waals surface area contributed by atoms with Gasteiger partial charge in [-0.05, 0) is 54.1 Å². The number of nitrogens with zero attached hydrogens (tertiary/aromatic N) is 1. The van der Waals surface area contributed by atoms with Crippen molar-refractivity contribution in [3.05, 3.63) is 101 Å². The third kappa shape index (κ3) is 4.39. The molecule has 1 aliphatic rings. The van der Waals surface area contributed by atoms with Crippen LogP contribution >= 0.6 is 0 Å². The highest BCUT2D eigenvalue weighted by molar-refractivity contribution is 6.39. The predicted molar refractivity (Wildman–Crippen MR) is 113 cm³/mol. The number of rotatable bonds is 5. The van der Waals surface area contributed by atoms with Crippen LogP contribution in [0, 0.1) is 11.6 Å². The van der Waals surface area contributed by atoms with E-state index in [4.69, 9.17) is 4.74 Å². The number of amides is 4. The Labute approximate surface area is 181 Å². The predicted octanol–water partition coefficient (Wildman–Crippen LogP) is 4.21. The molecule has 32 heavy (non-hydrogen) atoms. The molecule has 4 rings (SSSR count). The summed E-state index contributed by atoms with van der Waals surface area (Å²) in [4.78, 5) is 38.1. The van der Waals surface area contributed by atoms with E-state index in [9.17, 15) is 23.2 Å². The van der Waals surface area contributed by atoms with Gasteiger partial charge in [0, 0.05) is 5.56 Å². The number of nitrogens with one attached hydrogen (secondary N) is 1. The van der Waals surface area contributed by atoms with E-state index >= 15 is 0 Å². The number of halogens is 2. The van der Waals surface area contributed by atoms with Gasteiger partial charge in [-0.2, -0.15) is 0 Å². The van der Waals surface area contributed by atoms with Gasteiger partial charge in [-0.3, -0.25) is 14.9 Å². The van der Waals surface area contributed by atoms with Gasteiger partial charge < -0.3 is 4.74 Å². The molecule has 3 aromatic rings. The summed E-state index contributed by atoms with van der Waals surface area (Å²) < 4.78 is 32.6. The minimum Gasteiger partial charge on any atom is -0.489 e. The van der Waals surface area contributed by atoms with E-state index in [1.54, 1.807) is 42.5 Å². The summed E-state index contributed by atoms with van der Waals surface area (Å²) in [6.07, 6.45) is 1.32. The van der Waals surface area contributed by atoms with E-state index in [0.29, 0.717) is 16.9 Å². The number of carbonyl (C=O) groups excluding carboxylic acids is 3. The molecular formula is C24H16F2N2O4. The van der Waals surface area contributed by atoms with Gasteiger partial charge in [-0.1, -0.05) is 30.3 Å². The van der Waals surface area contributed by atoms with E-state index in [1.807, 2.05) is 0 Å². The topological polar surface area (TPSA) is 75.7 Å². The molecule has 0 spiro atoms. The molecule has 6 nitrogen and oxygen atoms in total. The van der Waals surface area contributed by atoms with Crippen LogP contribution in [0.5, 0.6) is 5.75 Å². The zero-order valence-corrected chi connectivity index (χ0v) is 16.5.